The van der Waals surface area contributed by atoms with Gasteiger partial charge in [0.25, 0.3) is 5.69 Å². The summed E-state index contributed by atoms with van der Waals surface area (Å²) in [5, 5.41) is 19.3. The van der Waals surface area contributed by atoms with Gasteiger partial charge in [0.05, 0.1) is 10.5 Å². The number of hydrogen-bond acceptors (Lipinski definition) is 5. The summed E-state index contributed by atoms with van der Waals surface area (Å²) in [6.45, 7) is 1.87. The van der Waals surface area contributed by atoms with Crippen molar-refractivity contribution in [3.8, 4) is 6.07 Å². The number of rotatable bonds is 5. The average Bonchev–Trinajstić information content (AvgIpc) is 2.38. The number of nitriles is 1. The van der Waals surface area contributed by atoms with E-state index in [1.807, 2.05) is 13.0 Å². The van der Waals surface area contributed by atoms with E-state index < -0.39 is 17.0 Å². The molecule has 0 N–H and O–H groups in total. The molecule has 0 bridgehead atoms. The maximum Gasteiger partial charge on any atom is 0.339 e. The maximum atomic E-state index is 11.7. The number of nitro benzene ring substituents is 1. The largest absolute Gasteiger partial charge is 0.443 e. The van der Waals surface area contributed by atoms with Gasteiger partial charge in [-0.1, -0.05) is 19.4 Å². The minimum Gasteiger partial charge on any atom is -0.443 e. The lowest BCUT2D eigenvalue weighted by Crippen LogP contribution is -2.16. The predicted molar refractivity (Wildman–Crippen MR) is 62.8 cm³/mol. The minimum absolute atomic E-state index is 0.0700. The molecule has 0 saturated heterocycles. The van der Waals surface area contributed by atoms with Crippen molar-refractivity contribution in [3.63, 3.8) is 0 Å². The highest BCUT2D eigenvalue weighted by Gasteiger charge is 2.16. The number of hydrogen-bond donors (Lipinski definition) is 0. The van der Waals surface area contributed by atoms with Gasteiger partial charge in [0.1, 0.15) is 6.07 Å². The van der Waals surface area contributed by atoms with Crippen LogP contribution in [0.2, 0.25) is 0 Å². The van der Waals surface area contributed by atoms with Crippen molar-refractivity contribution in [2.45, 2.75) is 25.9 Å². The number of esters is 1. The standard InChI is InChI=1S/C12H12N2O4/c1-2-4-11(8-13)18-12(15)9-5-3-6-10(7-9)14(16)17/h3,5-7,11H,2,4H2,1H3. The highest BCUT2D eigenvalue weighted by molar-refractivity contribution is 5.90. The molecule has 6 nitrogen and oxygen atoms in total. The third kappa shape index (κ3) is 3.56. The van der Waals surface area contributed by atoms with Gasteiger partial charge < -0.3 is 4.74 Å². The number of ether oxygens (including phenoxy) is 1. The van der Waals surface area contributed by atoms with Crippen molar-refractivity contribution in [1.29, 1.82) is 5.26 Å². The van der Waals surface area contributed by atoms with E-state index in [4.69, 9.17) is 10.00 Å². The van der Waals surface area contributed by atoms with E-state index in [1.54, 1.807) is 0 Å². The van der Waals surface area contributed by atoms with Crippen molar-refractivity contribution in [3.05, 3.63) is 39.9 Å². The molecule has 0 spiro atoms. The molecule has 1 aromatic carbocycles. The van der Waals surface area contributed by atoms with Crippen molar-refractivity contribution < 1.29 is 14.5 Å². The number of carbonyl (C=O) groups excluding carboxylic acids is 1. The lowest BCUT2D eigenvalue weighted by atomic mass is 10.2. The monoisotopic (exact) mass is 248 g/mol. The van der Waals surface area contributed by atoms with Crippen LogP contribution in [-0.4, -0.2) is 17.0 Å². The van der Waals surface area contributed by atoms with E-state index in [9.17, 15) is 14.9 Å². The molecule has 0 saturated carbocycles. The quantitative estimate of drug-likeness (QED) is 0.453. The second-order valence-corrected chi connectivity index (χ2v) is 3.62. The zero-order chi connectivity index (χ0) is 13.5. The second-order valence-electron chi connectivity index (χ2n) is 3.62. The lowest BCUT2D eigenvalue weighted by Gasteiger charge is -2.09. The first kappa shape index (κ1) is 13.6. The molecule has 0 amide bonds. The SMILES string of the molecule is CCCC(C#N)OC(=O)c1cccc([N+](=O)[O-])c1. The summed E-state index contributed by atoms with van der Waals surface area (Å²) in [7, 11) is 0. The molecule has 18 heavy (non-hydrogen) atoms. The highest BCUT2D eigenvalue weighted by Crippen LogP contribution is 2.15. The third-order valence-corrected chi connectivity index (χ3v) is 2.24. The Labute approximate surface area is 104 Å². The molecule has 1 atom stereocenters. The first-order valence-electron chi connectivity index (χ1n) is 5.43. The van der Waals surface area contributed by atoms with Crippen LogP contribution in [0.1, 0.15) is 30.1 Å². The maximum absolute atomic E-state index is 11.7. The van der Waals surface area contributed by atoms with Crippen LogP contribution < -0.4 is 0 Å². The van der Waals surface area contributed by atoms with Gasteiger partial charge in [-0.15, -0.1) is 0 Å². The molecule has 94 valence electrons. The Morgan fingerprint density at radius 2 is 2.33 bits per heavy atom. The number of nitrogens with zero attached hydrogens (tertiary/aromatic N) is 2. The summed E-state index contributed by atoms with van der Waals surface area (Å²) in [4.78, 5) is 21.6. The summed E-state index contributed by atoms with van der Waals surface area (Å²) in [5.74, 6) is -0.723. The molecule has 1 unspecified atom stereocenters. The van der Waals surface area contributed by atoms with Crippen LogP contribution in [0.25, 0.3) is 0 Å². The Balaban J connectivity index is 2.81. The van der Waals surface area contributed by atoms with E-state index >= 15 is 0 Å². The number of nitro groups is 1. The van der Waals surface area contributed by atoms with E-state index in [0.717, 1.165) is 6.07 Å². The van der Waals surface area contributed by atoms with E-state index in [0.29, 0.717) is 12.8 Å². The van der Waals surface area contributed by atoms with Gasteiger partial charge in [-0.2, -0.15) is 5.26 Å². The Morgan fingerprint density at radius 1 is 1.61 bits per heavy atom. The number of non-ortho nitro benzene ring substituents is 1. The van der Waals surface area contributed by atoms with E-state index in [-0.39, 0.29) is 11.3 Å². The fraction of sp³-hybridized carbons (Fsp3) is 0.333. The molecule has 6 heteroatoms. The number of benzene rings is 1. The van der Waals surface area contributed by atoms with Gasteiger partial charge in [0, 0.05) is 12.1 Å². The second kappa shape index (κ2) is 6.35. The normalized spacial score (nSPS) is 11.3. The fourth-order valence-electron chi connectivity index (χ4n) is 1.36. The summed E-state index contributed by atoms with van der Waals surface area (Å²) in [6, 6.07) is 7.09. The lowest BCUT2D eigenvalue weighted by molar-refractivity contribution is -0.384. The Morgan fingerprint density at radius 3 is 2.89 bits per heavy atom. The van der Waals surface area contributed by atoms with Crippen LogP contribution in [-0.2, 0) is 4.74 Å². The molecule has 0 fully saturated rings. The van der Waals surface area contributed by atoms with Crippen LogP contribution in [0.4, 0.5) is 5.69 Å². The zero-order valence-corrected chi connectivity index (χ0v) is 9.83. The van der Waals surface area contributed by atoms with Gasteiger partial charge in [-0.25, -0.2) is 4.79 Å². The van der Waals surface area contributed by atoms with E-state index in [1.165, 1.54) is 18.2 Å². The van der Waals surface area contributed by atoms with Gasteiger partial charge >= 0.3 is 5.97 Å². The molecule has 0 radical (unpaired) electrons. The molecule has 0 aliphatic carbocycles. The fourth-order valence-corrected chi connectivity index (χ4v) is 1.36. The Bertz CT molecular complexity index is 493. The van der Waals surface area contributed by atoms with Gasteiger partial charge in [0.15, 0.2) is 6.10 Å². The van der Waals surface area contributed by atoms with Gasteiger partial charge in [-0.3, -0.25) is 10.1 Å². The topological polar surface area (TPSA) is 93.2 Å². The Kier molecular flexibility index (Phi) is 4.81. The van der Waals surface area contributed by atoms with Crippen LogP contribution >= 0.6 is 0 Å². The molecule has 0 aromatic heterocycles. The third-order valence-electron chi connectivity index (χ3n) is 2.24. The van der Waals surface area contributed by atoms with E-state index in [2.05, 4.69) is 0 Å². The first-order valence-corrected chi connectivity index (χ1v) is 5.43. The van der Waals surface area contributed by atoms with Crippen LogP contribution in [0.5, 0.6) is 0 Å². The highest BCUT2D eigenvalue weighted by atomic mass is 16.6. The van der Waals surface area contributed by atoms with Gasteiger partial charge in [0.2, 0.25) is 0 Å². The first-order chi connectivity index (χ1) is 8.58. The minimum atomic E-state index is -0.818. The summed E-state index contributed by atoms with van der Waals surface area (Å²) in [6.07, 6.45) is 0.333. The molecule has 0 heterocycles. The molecule has 1 rings (SSSR count). The molecular weight excluding hydrogens is 236 g/mol. The van der Waals surface area contributed by atoms with Crippen molar-refractivity contribution in [2.24, 2.45) is 0 Å². The predicted octanol–water partition coefficient (Wildman–Crippen LogP) is 2.44. The summed E-state index contributed by atoms with van der Waals surface area (Å²) in [5.41, 5.74) is -0.117. The van der Waals surface area contributed by atoms with Crippen LogP contribution in [0.15, 0.2) is 24.3 Å². The number of carbonyl (C=O) groups is 1. The van der Waals surface area contributed by atoms with Gasteiger partial charge in [-0.05, 0) is 12.5 Å². The smallest absolute Gasteiger partial charge is 0.339 e. The molecule has 0 aliphatic rings. The Hall–Kier alpha value is -2.42. The van der Waals surface area contributed by atoms with Crippen molar-refractivity contribution >= 4 is 11.7 Å². The molecular formula is C12H12N2O4. The summed E-state index contributed by atoms with van der Waals surface area (Å²) >= 11 is 0. The van der Waals surface area contributed by atoms with Crippen molar-refractivity contribution in [2.75, 3.05) is 0 Å². The zero-order valence-electron chi connectivity index (χ0n) is 9.83. The average molecular weight is 248 g/mol. The summed E-state index contributed by atoms with van der Waals surface area (Å²) < 4.78 is 4.94. The van der Waals surface area contributed by atoms with Crippen LogP contribution in [0, 0.1) is 21.4 Å². The molecule has 1 aromatic rings. The van der Waals surface area contributed by atoms with Crippen molar-refractivity contribution in [1.82, 2.24) is 0 Å². The van der Waals surface area contributed by atoms with Crippen LogP contribution in [0.3, 0.4) is 0 Å². The molecule has 0 aliphatic heterocycles.